The standard InChI is InChI=1S/C12H19N3O3S/c1-3-4-5-10(11(16)17)14-12(18)15(2)6-9-7-19-8-13-9/h7-8,10H,3-6H2,1-2H3,(H,14,18)(H,16,17)/t10-/m0/s1. The minimum absolute atomic E-state index is 0.370. The predicted octanol–water partition coefficient (Wildman–Crippen LogP) is 1.93. The molecular weight excluding hydrogens is 266 g/mol. The van der Waals surface area contributed by atoms with Gasteiger partial charge in [-0.2, -0.15) is 0 Å². The Morgan fingerprint density at radius 1 is 1.58 bits per heavy atom. The number of hydrogen-bond acceptors (Lipinski definition) is 4. The Hall–Kier alpha value is -1.63. The number of carbonyl (C=O) groups excluding carboxylic acids is 1. The summed E-state index contributed by atoms with van der Waals surface area (Å²) in [5.41, 5.74) is 2.49. The molecule has 0 aliphatic rings. The van der Waals surface area contributed by atoms with E-state index < -0.39 is 18.0 Å². The van der Waals surface area contributed by atoms with E-state index in [9.17, 15) is 9.59 Å². The van der Waals surface area contributed by atoms with Crippen LogP contribution in [0.2, 0.25) is 0 Å². The molecule has 0 fully saturated rings. The largest absolute Gasteiger partial charge is 0.480 e. The number of unbranched alkanes of at least 4 members (excludes halogenated alkanes) is 1. The molecule has 106 valence electrons. The molecule has 1 heterocycles. The first-order valence-electron chi connectivity index (χ1n) is 6.16. The topological polar surface area (TPSA) is 82.5 Å². The van der Waals surface area contributed by atoms with Gasteiger partial charge in [0, 0.05) is 12.4 Å². The zero-order valence-corrected chi connectivity index (χ0v) is 11.9. The Morgan fingerprint density at radius 3 is 2.84 bits per heavy atom. The summed E-state index contributed by atoms with van der Waals surface area (Å²) in [6.07, 6.45) is 2.11. The lowest BCUT2D eigenvalue weighted by molar-refractivity contribution is -0.139. The summed E-state index contributed by atoms with van der Waals surface area (Å²) >= 11 is 1.46. The fraction of sp³-hybridized carbons (Fsp3) is 0.583. The molecule has 0 bridgehead atoms. The van der Waals surface area contributed by atoms with Crippen LogP contribution in [0.1, 0.15) is 31.9 Å². The van der Waals surface area contributed by atoms with Gasteiger partial charge in [-0.05, 0) is 6.42 Å². The van der Waals surface area contributed by atoms with Crippen LogP contribution < -0.4 is 5.32 Å². The highest BCUT2D eigenvalue weighted by Gasteiger charge is 2.21. The molecule has 19 heavy (non-hydrogen) atoms. The van der Waals surface area contributed by atoms with Crippen molar-refractivity contribution in [1.29, 1.82) is 0 Å². The molecule has 0 saturated heterocycles. The first kappa shape index (κ1) is 15.4. The summed E-state index contributed by atoms with van der Waals surface area (Å²) in [7, 11) is 1.62. The molecule has 0 aromatic carbocycles. The highest BCUT2D eigenvalue weighted by molar-refractivity contribution is 7.07. The van der Waals surface area contributed by atoms with Crippen LogP contribution in [0.25, 0.3) is 0 Å². The molecule has 0 radical (unpaired) electrons. The van der Waals surface area contributed by atoms with E-state index in [1.165, 1.54) is 16.2 Å². The normalized spacial score (nSPS) is 11.9. The number of carboxylic acids is 1. The second-order valence-corrected chi connectivity index (χ2v) is 5.04. The lowest BCUT2D eigenvalue weighted by Crippen LogP contribution is -2.46. The Bertz CT molecular complexity index is 408. The first-order valence-corrected chi connectivity index (χ1v) is 7.10. The van der Waals surface area contributed by atoms with Crippen LogP contribution in [-0.4, -0.2) is 40.1 Å². The number of nitrogens with zero attached hydrogens (tertiary/aromatic N) is 2. The average Bonchev–Trinajstić information content (AvgIpc) is 2.86. The van der Waals surface area contributed by atoms with Crippen LogP contribution in [0.5, 0.6) is 0 Å². The van der Waals surface area contributed by atoms with Crippen LogP contribution in [0.3, 0.4) is 0 Å². The van der Waals surface area contributed by atoms with E-state index in [-0.39, 0.29) is 0 Å². The zero-order chi connectivity index (χ0) is 14.3. The molecule has 2 amide bonds. The van der Waals surface area contributed by atoms with E-state index in [0.29, 0.717) is 13.0 Å². The van der Waals surface area contributed by atoms with Gasteiger partial charge in [-0.15, -0.1) is 11.3 Å². The van der Waals surface area contributed by atoms with E-state index in [1.54, 1.807) is 12.6 Å². The van der Waals surface area contributed by atoms with Crippen molar-refractivity contribution in [2.24, 2.45) is 0 Å². The Morgan fingerprint density at radius 2 is 2.32 bits per heavy atom. The molecular formula is C12H19N3O3S. The van der Waals surface area contributed by atoms with Gasteiger partial charge < -0.3 is 15.3 Å². The van der Waals surface area contributed by atoms with Gasteiger partial charge in [0.1, 0.15) is 6.04 Å². The van der Waals surface area contributed by atoms with Crippen molar-refractivity contribution in [3.63, 3.8) is 0 Å². The summed E-state index contributed by atoms with van der Waals surface area (Å²) in [6, 6.07) is -1.22. The fourth-order valence-corrected chi connectivity index (χ4v) is 2.10. The third kappa shape index (κ3) is 5.25. The number of carboxylic acid groups (broad SMARTS) is 1. The molecule has 1 aromatic rings. The highest BCUT2D eigenvalue weighted by Crippen LogP contribution is 2.06. The molecule has 0 aliphatic heterocycles. The van der Waals surface area contributed by atoms with Gasteiger partial charge in [0.05, 0.1) is 17.7 Å². The molecule has 1 rings (SSSR count). The van der Waals surface area contributed by atoms with Crippen molar-refractivity contribution in [3.8, 4) is 0 Å². The van der Waals surface area contributed by atoms with Gasteiger partial charge in [-0.1, -0.05) is 19.8 Å². The number of aliphatic carboxylic acids is 1. The van der Waals surface area contributed by atoms with Gasteiger partial charge in [0.15, 0.2) is 0 Å². The average molecular weight is 285 g/mol. The lowest BCUT2D eigenvalue weighted by Gasteiger charge is -2.20. The van der Waals surface area contributed by atoms with Crippen molar-refractivity contribution < 1.29 is 14.7 Å². The monoisotopic (exact) mass is 285 g/mol. The number of hydrogen-bond donors (Lipinski definition) is 2. The Labute approximate surface area is 116 Å². The summed E-state index contributed by atoms with van der Waals surface area (Å²) in [5.74, 6) is -0.996. The highest BCUT2D eigenvalue weighted by atomic mass is 32.1. The Kier molecular flexibility index (Phi) is 6.27. The van der Waals surface area contributed by atoms with Crippen LogP contribution in [0.4, 0.5) is 4.79 Å². The van der Waals surface area contributed by atoms with Crippen molar-refractivity contribution in [1.82, 2.24) is 15.2 Å². The van der Waals surface area contributed by atoms with E-state index >= 15 is 0 Å². The minimum atomic E-state index is -0.996. The molecule has 0 spiro atoms. The fourth-order valence-electron chi connectivity index (χ4n) is 1.56. The third-order valence-electron chi connectivity index (χ3n) is 2.67. The number of nitrogens with one attached hydrogen (secondary N) is 1. The molecule has 0 unspecified atom stereocenters. The number of urea groups is 1. The summed E-state index contributed by atoms with van der Waals surface area (Å²) in [6.45, 7) is 2.35. The minimum Gasteiger partial charge on any atom is -0.480 e. The number of amides is 2. The summed E-state index contributed by atoms with van der Waals surface area (Å²) in [4.78, 5) is 28.4. The van der Waals surface area contributed by atoms with E-state index in [2.05, 4.69) is 10.3 Å². The maximum absolute atomic E-state index is 11.9. The molecule has 0 aliphatic carbocycles. The van der Waals surface area contributed by atoms with Crippen molar-refractivity contribution in [2.45, 2.75) is 38.8 Å². The summed E-state index contributed by atoms with van der Waals surface area (Å²) < 4.78 is 0. The maximum Gasteiger partial charge on any atom is 0.326 e. The van der Waals surface area contributed by atoms with Crippen LogP contribution in [0, 0.1) is 0 Å². The van der Waals surface area contributed by atoms with Gasteiger partial charge in [-0.25, -0.2) is 14.6 Å². The maximum atomic E-state index is 11.9. The first-order chi connectivity index (χ1) is 9.04. The van der Waals surface area contributed by atoms with Crippen molar-refractivity contribution in [3.05, 3.63) is 16.6 Å². The van der Waals surface area contributed by atoms with Gasteiger partial charge in [-0.3, -0.25) is 0 Å². The predicted molar refractivity (Wildman–Crippen MR) is 73.1 cm³/mol. The molecule has 2 N–H and O–H groups in total. The van der Waals surface area contributed by atoms with E-state index in [1.807, 2.05) is 12.3 Å². The molecule has 0 saturated carbocycles. The SMILES string of the molecule is CCCC[C@H](NC(=O)N(C)Cc1cscn1)C(=O)O. The quantitative estimate of drug-likeness (QED) is 0.802. The number of carbonyl (C=O) groups is 2. The second-order valence-electron chi connectivity index (χ2n) is 4.32. The second kappa shape index (κ2) is 7.73. The molecule has 6 nitrogen and oxygen atoms in total. The smallest absolute Gasteiger partial charge is 0.326 e. The zero-order valence-electron chi connectivity index (χ0n) is 11.1. The van der Waals surface area contributed by atoms with Gasteiger partial charge in [0.2, 0.25) is 0 Å². The lowest BCUT2D eigenvalue weighted by atomic mass is 10.1. The number of thiazole rings is 1. The molecule has 1 atom stereocenters. The third-order valence-corrected chi connectivity index (χ3v) is 3.31. The van der Waals surface area contributed by atoms with E-state index in [0.717, 1.165) is 18.5 Å². The van der Waals surface area contributed by atoms with Crippen LogP contribution in [-0.2, 0) is 11.3 Å². The number of rotatable bonds is 7. The molecule has 1 aromatic heterocycles. The van der Waals surface area contributed by atoms with Crippen LogP contribution >= 0.6 is 11.3 Å². The van der Waals surface area contributed by atoms with E-state index in [4.69, 9.17) is 5.11 Å². The van der Waals surface area contributed by atoms with Crippen LogP contribution in [0.15, 0.2) is 10.9 Å². The van der Waals surface area contributed by atoms with Crippen molar-refractivity contribution in [2.75, 3.05) is 7.05 Å². The number of aromatic nitrogens is 1. The summed E-state index contributed by atoms with van der Waals surface area (Å²) in [5, 5.41) is 13.4. The van der Waals surface area contributed by atoms with Gasteiger partial charge in [0.25, 0.3) is 0 Å². The molecule has 7 heteroatoms. The van der Waals surface area contributed by atoms with Crippen molar-refractivity contribution >= 4 is 23.3 Å². The Balaban J connectivity index is 2.48. The van der Waals surface area contributed by atoms with Gasteiger partial charge >= 0.3 is 12.0 Å².